The summed E-state index contributed by atoms with van der Waals surface area (Å²) in [6.45, 7) is 6.64. The standard InChI is InChI=1S/C15H24N2/c1-12-8-13(2)10-15(9-12)17(3)14-6-4-5-7-16-11-14/h8-10,14,16H,4-7,11H2,1-3H3. The number of nitrogens with one attached hydrogen (secondary N) is 1. The largest absolute Gasteiger partial charge is 0.370 e. The molecular weight excluding hydrogens is 208 g/mol. The Morgan fingerprint density at radius 2 is 1.82 bits per heavy atom. The number of likely N-dealkylation sites (N-methyl/N-ethyl adjacent to an activating group) is 1. The Morgan fingerprint density at radius 1 is 1.12 bits per heavy atom. The summed E-state index contributed by atoms with van der Waals surface area (Å²) in [5.41, 5.74) is 4.07. The average Bonchev–Trinajstić information content (AvgIpc) is 2.55. The highest BCUT2D eigenvalue weighted by atomic mass is 15.2. The molecule has 2 heteroatoms. The summed E-state index contributed by atoms with van der Waals surface area (Å²) in [4.78, 5) is 2.44. The molecule has 0 amide bonds. The van der Waals surface area contributed by atoms with Crippen LogP contribution < -0.4 is 10.2 Å². The third-order valence-electron chi connectivity index (χ3n) is 3.68. The van der Waals surface area contributed by atoms with E-state index in [4.69, 9.17) is 0 Å². The number of nitrogens with zero attached hydrogens (tertiary/aromatic N) is 1. The first-order valence-electron chi connectivity index (χ1n) is 6.68. The van der Waals surface area contributed by atoms with Crippen LogP contribution in [0.3, 0.4) is 0 Å². The minimum atomic E-state index is 0.638. The lowest BCUT2D eigenvalue weighted by molar-refractivity contribution is 0.569. The van der Waals surface area contributed by atoms with E-state index in [0.29, 0.717) is 6.04 Å². The van der Waals surface area contributed by atoms with Crippen LogP contribution in [0.5, 0.6) is 0 Å². The minimum Gasteiger partial charge on any atom is -0.370 e. The third-order valence-corrected chi connectivity index (χ3v) is 3.68. The SMILES string of the molecule is Cc1cc(C)cc(N(C)C2CCCCNC2)c1. The zero-order chi connectivity index (χ0) is 12.3. The van der Waals surface area contributed by atoms with Gasteiger partial charge in [0.2, 0.25) is 0 Å². The lowest BCUT2D eigenvalue weighted by atomic mass is 10.1. The lowest BCUT2D eigenvalue weighted by Gasteiger charge is -2.29. The molecule has 1 aliphatic rings. The normalized spacial score (nSPS) is 21.0. The van der Waals surface area contributed by atoms with Crippen molar-refractivity contribution in [3.05, 3.63) is 29.3 Å². The van der Waals surface area contributed by atoms with Crippen LogP contribution in [0.4, 0.5) is 5.69 Å². The lowest BCUT2D eigenvalue weighted by Crippen LogP contribution is -2.38. The van der Waals surface area contributed by atoms with Crippen molar-refractivity contribution >= 4 is 5.69 Å². The van der Waals surface area contributed by atoms with E-state index in [1.54, 1.807) is 0 Å². The molecule has 94 valence electrons. The molecule has 0 aliphatic carbocycles. The maximum Gasteiger partial charge on any atom is 0.0411 e. The van der Waals surface area contributed by atoms with Gasteiger partial charge in [0, 0.05) is 25.3 Å². The first-order valence-corrected chi connectivity index (χ1v) is 6.68. The topological polar surface area (TPSA) is 15.3 Å². The Kier molecular flexibility index (Phi) is 4.06. The molecule has 1 aliphatic heterocycles. The first-order chi connectivity index (χ1) is 8.16. The Balaban J connectivity index is 2.14. The summed E-state index contributed by atoms with van der Waals surface area (Å²) in [6, 6.07) is 7.46. The number of hydrogen-bond donors (Lipinski definition) is 1. The van der Waals surface area contributed by atoms with Crippen LogP contribution in [0.15, 0.2) is 18.2 Å². The Morgan fingerprint density at radius 3 is 2.53 bits per heavy atom. The average molecular weight is 232 g/mol. The fourth-order valence-corrected chi connectivity index (χ4v) is 2.70. The van der Waals surface area contributed by atoms with Crippen molar-refractivity contribution in [1.29, 1.82) is 0 Å². The summed E-state index contributed by atoms with van der Waals surface area (Å²) in [5, 5.41) is 3.54. The predicted molar refractivity (Wildman–Crippen MR) is 74.8 cm³/mol. The molecule has 0 saturated carbocycles. The van der Waals surface area contributed by atoms with Crippen molar-refractivity contribution in [2.24, 2.45) is 0 Å². The highest BCUT2D eigenvalue weighted by Crippen LogP contribution is 2.22. The van der Waals surface area contributed by atoms with Crippen LogP contribution in [-0.4, -0.2) is 26.2 Å². The molecule has 17 heavy (non-hydrogen) atoms. The maximum absolute atomic E-state index is 3.54. The Hall–Kier alpha value is -1.02. The van der Waals surface area contributed by atoms with Crippen molar-refractivity contribution in [1.82, 2.24) is 5.32 Å². The zero-order valence-electron chi connectivity index (χ0n) is 11.3. The first kappa shape index (κ1) is 12.4. The molecule has 2 rings (SSSR count). The van der Waals surface area contributed by atoms with Gasteiger partial charge in [0.15, 0.2) is 0 Å². The summed E-state index contributed by atoms with van der Waals surface area (Å²) in [6.07, 6.45) is 3.96. The predicted octanol–water partition coefficient (Wildman–Crippen LogP) is 2.88. The smallest absolute Gasteiger partial charge is 0.0411 e. The van der Waals surface area contributed by atoms with Crippen LogP contribution >= 0.6 is 0 Å². The molecule has 1 saturated heterocycles. The third kappa shape index (κ3) is 3.22. The van der Waals surface area contributed by atoms with E-state index in [1.807, 2.05) is 0 Å². The van der Waals surface area contributed by atoms with Crippen molar-refractivity contribution in [2.45, 2.75) is 39.2 Å². The molecule has 0 radical (unpaired) electrons. The molecule has 0 spiro atoms. The van der Waals surface area contributed by atoms with Crippen LogP contribution in [0.25, 0.3) is 0 Å². The van der Waals surface area contributed by atoms with E-state index in [9.17, 15) is 0 Å². The second-order valence-electron chi connectivity index (χ2n) is 5.31. The molecule has 2 nitrogen and oxygen atoms in total. The van der Waals surface area contributed by atoms with Crippen LogP contribution in [0.1, 0.15) is 30.4 Å². The van der Waals surface area contributed by atoms with Gasteiger partial charge >= 0.3 is 0 Å². The van der Waals surface area contributed by atoms with E-state index in [2.05, 4.69) is 49.3 Å². The summed E-state index contributed by atoms with van der Waals surface area (Å²) in [5.74, 6) is 0. The quantitative estimate of drug-likeness (QED) is 0.843. The summed E-state index contributed by atoms with van der Waals surface area (Å²) < 4.78 is 0. The van der Waals surface area contributed by atoms with Crippen molar-refractivity contribution in [3.8, 4) is 0 Å². The number of anilines is 1. The van der Waals surface area contributed by atoms with Gasteiger partial charge in [0.05, 0.1) is 0 Å². The van der Waals surface area contributed by atoms with Gasteiger partial charge in [-0.15, -0.1) is 0 Å². The zero-order valence-corrected chi connectivity index (χ0v) is 11.3. The van der Waals surface area contributed by atoms with Gasteiger partial charge in [-0.25, -0.2) is 0 Å². The maximum atomic E-state index is 3.54. The second kappa shape index (κ2) is 5.54. The number of benzene rings is 1. The van der Waals surface area contributed by atoms with E-state index < -0.39 is 0 Å². The fraction of sp³-hybridized carbons (Fsp3) is 0.600. The summed E-state index contributed by atoms with van der Waals surface area (Å²) in [7, 11) is 2.23. The van der Waals surface area contributed by atoms with E-state index in [0.717, 1.165) is 6.54 Å². The van der Waals surface area contributed by atoms with Crippen molar-refractivity contribution in [2.75, 3.05) is 25.0 Å². The molecule has 0 bridgehead atoms. The highest BCUT2D eigenvalue weighted by Gasteiger charge is 2.17. The van der Waals surface area contributed by atoms with E-state index in [1.165, 1.54) is 42.6 Å². The number of rotatable bonds is 2. The van der Waals surface area contributed by atoms with Gasteiger partial charge in [-0.2, -0.15) is 0 Å². The van der Waals surface area contributed by atoms with Crippen LogP contribution in [-0.2, 0) is 0 Å². The van der Waals surface area contributed by atoms with Crippen LogP contribution in [0, 0.1) is 13.8 Å². The van der Waals surface area contributed by atoms with Gasteiger partial charge in [0.25, 0.3) is 0 Å². The molecule has 1 fully saturated rings. The molecule has 1 aromatic carbocycles. The summed E-state index contributed by atoms with van der Waals surface area (Å²) >= 11 is 0. The number of aryl methyl sites for hydroxylation is 2. The van der Waals surface area contributed by atoms with E-state index >= 15 is 0 Å². The fourth-order valence-electron chi connectivity index (χ4n) is 2.70. The van der Waals surface area contributed by atoms with Crippen LogP contribution in [0.2, 0.25) is 0 Å². The van der Waals surface area contributed by atoms with Gasteiger partial charge < -0.3 is 10.2 Å². The highest BCUT2D eigenvalue weighted by molar-refractivity contribution is 5.51. The minimum absolute atomic E-state index is 0.638. The van der Waals surface area contributed by atoms with Gasteiger partial charge in [-0.3, -0.25) is 0 Å². The number of hydrogen-bond acceptors (Lipinski definition) is 2. The van der Waals surface area contributed by atoms with Crippen molar-refractivity contribution in [3.63, 3.8) is 0 Å². The van der Waals surface area contributed by atoms with Gasteiger partial charge in [0.1, 0.15) is 0 Å². The Bertz CT molecular complexity index is 345. The molecule has 1 aromatic rings. The van der Waals surface area contributed by atoms with Gasteiger partial charge in [-0.1, -0.05) is 12.5 Å². The molecular formula is C15H24N2. The molecule has 0 aromatic heterocycles. The second-order valence-corrected chi connectivity index (χ2v) is 5.31. The molecule has 1 N–H and O–H groups in total. The van der Waals surface area contributed by atoms with Gasteiger partial charge in [-0.05, 0) is 56.5 Å². The monoisotopic (exact) mass is 232 g/mol. The molecule has 1 atom stereocenters. The Labute approximate surface area is 105 Å². The van der Waals surface area contributed by atoms with E-state index in [-0.39, 0.29) is 0 Å². The van der Waals surface area contributed by atoms with Crippen molar-refractivity contribution < 1.29 is 0 Å². The molecule has 1 unspecified atom stereocenters. The molecule has 1 heterocycles.